The zero-order chi connectivity index (χ0) is 11.5. The van der Waals surface area contributed by atoms with Crippen molar-refractivity contribution in [2.24, 2.45) is 0 Å². The molecular weight excluding hydrogens is 331 g/mol. The minimum atomic E-state index is 0.464. The van der Waals surface area contributed by atoms with Crippen LogP contribution in [-0.4, -0.2) is 4.98 Å². The van der Waals surface area contributed by atoms with Gasteiger partial charge in [-0.3, -0.25) is 0 Å². The summed E-state index contributed by atoms with van der Waals surface area (Å²) in [4.78, 5) is 5.18. The van der Waals surface area contributed by atoms with Crippen molar-refractivity contribution < 1.29 is 0 Å². The number of halogens is 3. The highest BCUT2D eigenvalue weighted by molar-refractivity contribution is 9.10. The van der Waals surface area contributed by atoms with E-state index < -0.39 is 0 Å². The second kappa shape index (κ2) is 5.36. The van der Waals surface area contributed by atoms with Gasteiger partial charge in [-0.1, -0.05) is 23.2 Å². The summed E-state index contributed by atoms with van der Waals surface area (Å²) < 4.78 is 0.892. The molecule has 0 spiro atoms. The van der Waals surface area contributed by atoms with Gasteiger partial charge in [-0.25, -0.2) is 4.98 Å². The Morgan fingerprint density at radius 2 is 2.19 bits per heavy atom. The first-order valence-corrected chi connectivity index (χ1v) is 6.86. The van der Waals surface area contributed by atoms with Crippen LogP contribution in [0.2, 0.25) is 10.2 Å². The van der Waals surface area contributed by atoms with E-state index >= 15 is 0 Å². The zero-order valence-corrected chi connectivity index (χ0v) is 11.9. The highest BCUT2D eigenvalue weighted by atomic mass is 79.9. The number of nitrogens with one attached hydrogen (secondary N) is 1. The van der Waals surface area contributed by atoms with E-state index in [2.05, 4.69) is 26.2 Å². The van der Waals surface area contributed by atoms with Crippen molar-refractivity contribution in [3.05, 3.63) is 43.2 Å². The third kappa shape index (κ3) is 3.10. The molecule has 2 aromatic heterocycles. The van der Waals surface area contributed by atoms with Crippen molar-refractivity contribution in [2.45, 2.75) is 6.54 Å². The van der Waals surface area contributed by atoms with Gasteiger partial charge in [0.15, 0.2) is 5.15 Å². The molecule has 84 valence electrons. The molecule has 0 aliphatic heterocycles. The van der Waals surface area contributed by atoms with Crippen LogP contribution in [0.25, 0.3) is 0 Å². The molecule has 0 bridgehead atoms. The van der Waals surface area contributed by atoms with Crippen LogP contribution >= 0.6 is 50.5 Å². The summed E-state index contributed by atoms with van der Waals surface area (Å²) in [5, 5.41) is 6.34. The molecule has 16 heavy (non-hydrogen) atoms. The van der Waals surface area contributed by atoms with E-state index in [-0.39, 0.29) is 0 Å². The van der Waals surface area contributed by atoms with Gasteiger partial charge < -0.3 is 5.32 Å². The minimum Gasteiger partial charge on any atom is -0.378 e. The lowest BCUT2D eigenvalue weighted by molar-refractivity contribution is 1.17. The monoisotopic (exact) mass is 336 g/mol. The molecule has 0 amide bonds. The van der Waals surface area contributed by atoms with Crippen molar-refractivity contribution in [1.82, 2.24) is 4.98 Å². The lowest BCUT2D eigenvalue weighted by Crippen LogP contribution is -1.98. The summed E-state index contributed by atoms with van der Waals surface area (Å²) in [5.74, 6) is 0. The number of pyridine rings is 1. The Morgan fingerprint density at radius 1 is 1.38 bits per heavy atom. The largest absolute Gasteiger partial charge is 0.378 e. The predicted molar refractivity (Wildman–Crippen MR) is 73.6 cm³/mol. The molecule has 0 atom stereocenters. The third-order valence-corrected chi connectivity index (χ3v) is 3.90. The number of thiophene rings is 1. The van der Waals surface area contributed by atoms with Crippen molar-refractivity contribution >= 4 is 56.2 Å². The van der Waals surface area contributed by atoms with Gasteiger partial charge in [-0.05, 0) is 28.1 Å². The van der Waals surface area contributed by atoms with Gasteiger partial charge in [0.2, 0.25) is 0 Å². The van der Waals surface area contributed by atoms with Gasteiger partial charge in [0.25, 0.3) is 0 Å². The van der Waals surface area contributed by atoms with Crippen LogP contribution < -0.4 is 5.32 Å². The van der Waals surface area contributed by atoms with E-state index in [4.69, 9.17) is 23.2 Å². The van der Waals surface area contributed by atoms with Crippen molar-refractivity contribution in [3.8, 4) is 0 Å². The standard InChI is InChI=1S/C10H7BrCl2N2S/c11-6-1-9(10(13)15-3-6)14-4-8-2-7(12)5-16-8/h1-3,5,14H,4H2. The molecule has 0 aromatic carbocycles. The van der Waals surface area contributed by atoms with Crippen LogP contribution in [0.4, 0.5) is 5.69 Å². The summed E-state index contributed by atoms with van der Waals surface area (Å²) >= 11 is 16.7. The Hall–Kier alpha value is -0.290. The average molecular weight is 338 g/mol. The van der Waals surface area contributed by atoms with Crippen LogP contribution in [0, 0.1) is 0 Å². The predicted octanol–water partition coefficient (Wildman–Crippen LogP) is 4.82. The summed E-state index contributed by atoms with van der Waals surface area (Å²) in [6.45, 7) is 0.690. The first kappa shape index (κ1) is 12.2. The van der Waals surface area contributed by atoms with Gasteiger partial charge >= 0.3 is 0 Å². The molecule has 0 unspecified atom stereocenters. The molecule has 2 rings (SSSR count). The third-order valence-electron chi connectivity index (χ3n) is 1.88. The highest BCUT2D eigenvalue weighted by Crippen LogP contribution is 2.25. The highest BCUT2D eigenvalue weighted by Gasteiger charge is 2.03. The van der Waals surface area contributed by atoms with Crippen LogP contribution in [0.3, 0.4) is 0 Å². The maximum absolute atomic E-state index is 5.95. The van der Waals surface area contributed by atoms with Crippen molar-refractivity contribution in [2.75, 3.05) is 5.32 Å². The Kier molecular flexibility index (Phi) is 4.08. The van der Waals surface area contributed by atoms with E-state index in [1.807, 2.05) is 17.5 Å². The van der Waals surface area contributed by atoms with Crippen molar-refractivity contribution in [3.63, 3.8) is 0 Å². The number of hydrogen-bond acceptors (Lipinski definition) is 3. The molecule has 0 aliphatic rings. The molecule has 1 N–H and O–H groups in total. The quantitative estimate of drug-likeness (QED) is 0.812. The molecular formula is C10H7BrCl2N2S. The number of anilines is 1. The van der Waals surface area contributed by atoms with Crippen molar-refractivity contribution in [1.29, 1.82) is 0 Å². The fraction of sp³-hybridized carbons (Fsp3) is 0.100. The van der Waals surface area contributed by atoms with E-state index in [1.165, 1.54) is 0 Å². The Balaban J connectivity index is 2.07. The molecule has 6 heteroatoms. The molecule has 2 aromatic rings. The Bertz CT molecular complexity index is 501. The van der Waals surface area contributed by atoms with E-state index in [0.29, 0.717) is 11.7 Å². The van der Waals surface area contributed by atoms with Crippen LogP contribution in [0.5, 0.6) is 0 Å². The van der Waals surface area contributed by atoms with E-state index in [1.54, 1.807) is 17.5 Å². The molecule has 2 heterocycles. The normalized spacial score (nSPS) is 10.4. The molecule has 0 radical (unpaired) electrons. The van der Waals surface area contributed by atoms with E-state index in [0.717, 1.165) is 20.1 Å². The van der Waals surface area contributed by atoms with Gasteiger partial charge in [-0.15, -0.1) is 11.3 Å². The van der Waals surface area contributed by atoms with Crippen LogP contribution in [0.1, 0.15) is 4.88 Å². The average Bonchev–Trinajstić information content (AvgIpc) is 2.66. The maximum Gasteiger partial charge on any atom is 0.152 e. The summed E-state index contributed by atoms with van der Waals surface area (Å²) in [7, 11) is 0. The molecule has 0 saturated heterocycles. The van der Waals surface area contributed by atoms with Gasteiger partial charge in [-0.2, -0.15) is 0 Å². The second-order valence-corrected chi connectivity index (χ2v) is 5.78. The number of nitrogens with zero attached hydrogens (tertiary/aromatic N) is 1. The van der Waals surface area contributed by atoms with E-state index in [9.17, 15) is 0 Å². The zero-order valence-electron chi connectivity index (χ0n) is 8.01. The minimum absolute atomic E-state index is 0.464. The fourth-order valence-electron chi connectivity index (χ4n) is 1.18. The topological polar surface area (TPSA) is 24.9 Å². The summed E-state index contributed by atoms with van der Waals surface area (Å²) in [6, 6.07) is 3.82. The fourth-order valence-corrected chi connectivity index (χ4v) is 2.69. The molecule has 0 fully saturated rings. The van der Waals surface area contributed by atoms with Crippen LogP contribution in [0.15, 0.2) is 28.2 Å². The lowest BCUT2D eigenvalue weighted by Gasteiger charge is -2.06. The molecule has 2 nitrogen and oxygen atoms in total. The Labute approximate surface area is 116 Å². The number of hydrogen-bond donors (Lipinski definition) is 1. The SMILES string of the molecule is Clc1csc(CNc2cc(Br)cnc2Cl)c1. The maximum atomic E-state index is 5.95. The molecule has 0 aliphatic carbocycles. The van der Waals surface area contributed by atoms with Gasteiger partial charge in [0.05, 0.1) is 10.7 Å². The second-order valence-electron chi connectivity index (χ2n) is 3.08. The summed E-state index contributed by atoms with van der Waals surface area (Å²) in [6.07, 6.45) is 1.66. The van der Waals surface area contributed by atoms with Gasteiger partial charge in [0.1, 0.15) is 0 Å². The molecule has 0 saturated carbocycles. The number of aromatic nitrogens is 1. The Morgan fingerprint density at radius 3 is 2.88 bits per heavy atom. The number of rotatable bonds is 3. The first-order chi connectivity index (χ1) is 7.65. The smallest absolute Gasteiger partial charge is 0.152 e. The summed E-state index contributed by atoms with van der Waals surface area (Å²) in [5.41, 5.74) is 0.806. The first-order valence-electron chi connectivity index (χ1n) is 4.43. The van der Waals surface area contributed by atoms with Crippen LogP contribution in [-0.2, 0) is 6.54 Å². The van der Waals surface area contributed by atoms with Gasteiger partial charge in [0, 0.05) is 27.5 Å². The lowest BCUT2D eigenvalue weighted by atomic mass is 10.4.